The number of nitro benzene ring substituents is 1. The third-order valence-corrected chi connectivity index (χ3v) is 7.10. The van der Waals surface area contributed by atoms with Gasteiger partial charge in [0, 0.05) is 30.1 Å². The van der Waals surface area contributed by atoms with Crippen molar-refractivity contribution in [3.05, 3.63) is 92.7 Å². The van der Waals surface area contributed by atoms with Crippen LogP contribution in [0.4, 0.5) is 5.69 Å². The average Bonchev–Trinajstić information content (AvgIpc) is 3.38. The molecule has 0 N–H and O–H groups in total. The highest BCUT2D eigenvalue weighted by molar-refractivity contribution is 7.10. The van der Waals surface area contributed by atoms with E-state index in [-0.39, 0.29) is 17.9 Å². The van der Waals surface area contributed by atoms with Gasteiger partial charge in [-0.15, -0.1) is 11.3 Å². The van der Waals surface area contributed by atoms with Gasteiger partial charge in [0.1, 0.15) is 6.10 Å². The molecule has 7 heteroatoms. The molecular weight excluding hydrogens is 436 g/mol. The van der Waals surface area contributed by atoms with Crippen molar-refractivity contribution in [2.45, 2.75) is 44.4 Å². The SMILES string of the molecule is CC(CCOc1ccccc1[N+](=O)[O-])N1CCC(OC(c2ccccc2)c2cccs2)CC1. The summed E-state index contributed by atoms with van der Waals surface area (Å²) in [5, 5.41) is 13.2. The van der Waals surface area contributed by atoms with Crippen LogP contribution in [0.2, 0.25) is 0 Å². The molecule has 1 aliphatic heterocycles. The summed E-state index contributed by atoms with van der Waals surface area (Å²) in [6, 6.07) is 21.6. The molecule has 2 atom stereocenters. The summed E-state index contributed by atoms with van der Waals surface area (Å²) in [6.45, 7) is 4.60. The van der Waals surface area contributed by atoms with Gasteiger partial charge < -0.3 is 14.4 Å². The normalized spacial score (nSPS) is 16.9. The van der Waals surface area contributed by atoms with Crippen molar-refractivity contribution in [3.63, 3.8) is 0 Å². The van der Waals surface area contributed by atoms with Crippen molar-refractivity contribution in [2.24, 2.45) is 0 Å². The van der Waals surface area contributed by atoms with Crippen LogP contribution in [0.5, 0.6) is 5.75 Å². The van der Waals surface area contributed by atoms with Crippen LogP contribution in [0.15, 0.2) is 72.1 Å². The lowest BCUT2D eigenvalue weighted by molar-refractivity contribution is -0.385. The number of thiophene rings is 1. The Balaban J connectivity index is 1.26. The van der Waals surface area contributed by atoms with Gasteiger partial charge in [-0.1, -0.05) is 48.5 Å². The summed E-state index contributed by atoms with van der Waals surface area (Å²) < 4.78 is 12.4. The minimum atomic E-state index is -0.400. The molecule has 0 spiro atoms. The van der Waals surface area contributed by atoms with Gasteiger partial charge in [0.25, 0.3) is 0 Å². The number of nitro groups is 1. The summed E-state index contributed by atoms with van der Waals surface area (Å²) in [5.74, 6) is 0.335. The summed E-state index contributed by atoms with van der Waals surface area (Å²) in [7, 11) is 0. The van der Waals surface area contributed by atoms with E-state index in [0.29, 0.717) is 18.4 Å². The van der Waals surface area contributed by atoms with E-state index in [2.05, 4.69) is 53.6 Å². The third kappa shape index (κ3) is 6.19. The minimum Gasteiger partial charge on any atom is -0.487 e. The molecule has 3 aromatic rings. The smallest absolute Gasteiger partial charge is 0.310 e. The first-order chi connectivity index (χ1) is 16.1. The Kier molecular flexibility index (Phi) is 8.10. The van der Waals surface area contributed by atoms with E-state index >= 15 is 0 Å². The Labute approximate surface area is 198 Å². The van der Waals surface area contributed by atoms with Gasteiger partial charge in [-0.05, 0) is 49.3 Å². The van der Waals surface area contributed by atoms with E-state index < -0.39 is 4.92 Å². The average molecular weight is 467 g/mol. The number of likely N-dealkylation sites (tertiary alicyclic amines) is 1. The molecule has 1 aliphatic rings. The van der Waals surface area contributed by atoms with Crippen LogP contribution in [-0.4, -0.2) is 41.7 Å². The molecule has 0 radical (unpaired) electrons. The van der Waals surface area contributed by atoms with Crippen molar-refractivity contribution < 1.29 is 14.4 Å². The lowest BCUT2D eigenvalue weighted by Gasteiger charge is -2.37. The van der Waals surface area contributed by atoms with Crippen molar-refractivity contribution in [1.29, 1.82) is 0 Å². The van der Waals surface area contributed by atoms with Gasteiger partial charge >= 0.3 is 5.69 Å². The lowest BCUT2D eigenvalue weighted by Crippen LogP contribution is -2.43. The first-order valence-corrected chi connectivity index (χ1v) is 12.3. The van der Waals surface area contributed by atoms with Crippen LogP contribution in [0, 0.1) is 10.1 Å². The van der Waals surface area contributed by atoms with Crippen molar-refractivity contribution >= 4 is 17.0 Å². The molecule has 2 aromatic carbocycles. The number of rotatable bonds is 10. The molecule has 0 amide bonds. The molecule has 6 nitrogen and oxygen atoms in total. The number of hydrogen-bond acceptors (Lipinski definition) is 6. The van der Waals surface area contributed by atoms with E-state index in [1.807, 2.05) is 6.07 Å². The quantitative estimate of drug-likeness (QED) is 0.267. The van der Waals surface area contributed by atoms with Crippen molar-refractivity contribution in [2.75, 3.05) is 19.7 Å². The van der Waals surface area contributed by atoms with Gasteiger partial charge in [-0.2, -0.15) is 0 Å². The molecule has 2 heterocycles. The van der Waals surface area contributed by atoms with Crippen molar-refractivity contribution in [1.82, 2.24) is 4.90 Å². The second-order valence-electron chi connectivity index (χ2n) is 8.39. The highest BCUT2D eigenvalue weighted by atomic mass is 32.1. The van der Waals surface area contributed by atoms with Gasteiger partial charge in [0.05, 0.1) is 17.6 Å². The largest absolute Gasteiger partial charge is 0.487 e. The third-order valence-electron chi connectivity index (χ3n) is 6.19. The second-order valence-corrected chi connectivity index (χ2v) is 9.37. The molecule has 174 valence electrons. The summed E-state index contributed by atoms with van der Waals surface area (Å²) >= 11 is 1.74. The maximum Gasteiger partial charge on any atom is 0.310 e. The maximum atomic E-state index is 11.1. The van der Waals surface area contributed by atoms with E-state index in [0.717, 1.165) is 32.4 Å². The van der Waals surface area contributed by atoms with Crippen LogP contribution >= 0.6 is 11.3 Å². The standard InChI is InChI=1S/C26H30N2O4S/c1-20(15-18-31-24-11-6-5-10-23(24)28(29)30)27-16-13-22(14-17-27)32-26(25-12-7-19-33-25)21-8-3-2-4-9-21/h2-12,19-20,22,26H,13-18H2,1H3. The Hall–Kier alpha value is -2.74. The molecule has 1 fully saturated rings. The highest BCUT2D eigenvalue weighted by Crippen LogP contribution is 2.33. The first-order valence-electron chi connectivity index (χ1n) is 11.5. The van der Waals surface area contributed by atoms with E-state index in [4.69, 9.17) is 9.47 Å². The predicted octanol–water partition coefficient (Wildman–Crippen LogP) is 6.08. The number of hydrogen-bond donors (Lipinski definition) is 0. The highest BCUT2D eigenvalue weighted by Gasteiger charge is 2.27. The Bertz CT molecular complexity index is 1000. The Morgan fingerprint density at radius 1 is 1.06 bits per heavy atom. The van der Waals surface area contributed by atoms with Crippen molar-refractivity contribution in [3.8, 4) is 5.75 Å². The molecule has 0 saturated carbocycles. The van der Waals surface area contributed by atoms with Gasteiger partial charge in [0.15, 0.2) is 5.75 Å². The van der Waals surface area contributed by atoms with Gasteiger partial charge in [-0.3, -0.25) is 10.1 Å². The van der Waals surface area contributed by atoms with E-state index in [9.17, 15) is 10.1 Å². The number of ether oxygens (including phenoxy) is 2. The molecule has 0 aliphatic carbocycles. The molecule has 4 rings (SSSR count). The van der Waals surface area contributed by atoms with Crippen LogP contribution in [-0.2, 0) is 4.74 Å². The second kappa shape index (κ2) is 11.4. The van der Waals surface area contributed by atoms with Gasteiger partial charge in [-0.25, -0.2) is 0 Å². The molecule has 2 unspecified atom stereocenters. The minimum absolute atomic E-state index is 0.0156. The van der Waals surface area contributed by atoms with Gasteiger partial charge in [0.2, 0.25) is 0 Å². The van der Waals surface area contributed by atoms with E-state index in [1.165, 1.54) is 16.5 Å². The monoisotopic (exact) mass is 466 g/mol. The zero-order chi connectivity index (χ0) is 23.0. The topological polar surface area (TPSA) is 64.8 Å². The number of para-hydroxylation sites is 2. The summed E-state index contributed by atoms with van der Waals surface area (Å²) in [5.41, 5.74) is 1.21. The van der Waals surface area contributed by atoms with E-state index in [1.54, 1.807) is 29.5 Å². The first kappa shape index (κ1) is 23.4. The molecule has 1 aromatic heterocycles. The Morgan fingerprint density at radius 3 is 2.48 bits per heavy atom. The Morgan fingerprint density at radius 2 is 1.79 bits per heavy atom. The zero-order valence-electron chi connectivity index (χ0n) is 18.8. The molecule has 1 saturated heterocycles. The maximum absolute atomic E-state index is 11.1. The molecule has 33 heavy (non-hydrogen) atoms. The zero-order valence-corrected chi connectivity index (χ0v) is 19.7. The fourth-order valence-electron chi connectivity index (χ4n) is 4.28. The lowest BCUT2D eigenvalue weighted by atomic mass is 10.0. The van der Waals surface area contributed by atoms with Crippen LogP contribution < -0.4 is 4.74 Å². The van der Waals surface area contributed by atoms with Crippen LogP contribution in [0.3, 0.4) is 0 Å². The number of nitrogens with zero attached hydrogens (tertiary/aromatic N) is 2. The number of benzene rings is 2. The molecule has 0 bridgehead atoms. The number of piperidine rings is 1. The summed E-state index contributed by atoms with van der Waals surface area (Å²) in [6.07, 6.45) is 3.01. The molecular formula is C26H30N2O4S. The fraction of sp³-hybridized carbons (Fsp3) is 0.385. The summed E-state index contributed by atoms with van der Waals surface area (Å²) in [4.78, 5) is 14.4. The predicted molar refractivity (Wildman–Crippen MR) is 131 cm³/mol. The fourth-order valence-corrected chi connectivity index (χ4v) is 5.06. The van der Waals surface area contributed by atoms with Crippen LogP contribution in [0.25, 0.3) is 0 Å². The van der Waals surface area contributed by atoms with Crippen LogP contribution in [0.1, 0.15) is 42.7 Å².